The van der Waals surface area contributed by atoms with Crippen molar-refractivity contribution in [2.45, 2.75) is 65.5 Å². The van der Waals surface area contributed by atoms with Gasteiger partial charge in [0.25, 0.3) is 0 Å². The van der Waals surface area contributed by atoms with Gasteiger partial charge in [0, 0.05) is 6.04 Å². The Balaban J connectivity index is 1.94. The Morgan fingerprint density at radius 1 is 1.33 bits per heavy atom. The maximum absolute atomic E-state index is 12.2. The van der Waals surface area contributed by atoms with Crippen LogP contribution in [0.25, 0.3) is 0 Å². The summed E-state index contributed by atoms with van der Waals surface area (Å²) in [5.41, 5.74) is 0.757. The fourth-order valence-electron chi connectivity index (χ4n) is 2.63. The van der Waals surface area contributed by atoms with Crippen LogP contribution in [0.5, 0.6) is 0 Å². The van der Waals surface area contributed by atoms with Crippen LogP contribution < -0.4 is 5.32 Å². The number of ether oxygens (including phenoxy) is 1. The van der Waals surface area contributed by atoms with E-state index < -0.39 is 0 Å². The predicted octanol–water partition coefficient (Wildman–Crippen LogP) is 4.03. The summed E-state index contributed by atoms with van der Waals surface area (Å²) in [6, 6.07) is 5.68. The van der Waals surface area contributed by atoms with Crippen molar-refractivity contribution in [3.8, 4) is 0 Å². The first-order valence-electron chi connectivity index (χ1n) is 7.80. The molecule has 116 valence electrons. The molecule has 0 amide bonds. The van der Waals surface area contributed by atoms with Crippen LogP contribution in [0.15, 0.2) is 18.2 Å². The lowest BCUT2D eigenvalue weighted by Gasteiger charge is -2.33. The van der Waals surface area contributed by atoms with Crippen LogP contribution in [-0.4, -0.2) is 23.1 Å². The molecule has 21 heavy (non-hydrogen) atoms. The molecule has 0 aromatic carbocycles. The molecule has 0 atom stereocenters. The van der Waals surface area contributed by atoms with Gasteiger partial charge in [-0.3, -0.25) is 0 Å². The molecule has 1 aliphatic rings. The standard InChI is InChI=1S/C17H26N2O2/c1-12(2)18-15-7-5-6-14(19-15)16(20)21-13-8-10-17(3,4)11-9-13/h5-7,12-13H,8-11H2,1-4H3,(H,18,19). The van der Waals surface area contributed by atoms with Gasteiger partial charge in [-0.25, -0.2) is 9.78 Å². The van der Waals surface area contributed by atoms with Gasteiger partial charge in [-0.05, 0) is 57.1 Å². The van der Waals surface area contributed by atoms with E-state index in [1.807, 2.05) is 26.0 Å². The highest BCUT2D eigenvalue weighted by Gasteiger charge is 2.29. The summed E-state index contributed by atoms with van der Waals surface area (Å²) in [6.45, 7) is 8.62. The average Bonchev–Trinajstić information content (AvgIpc) is 2.41. The highest BCUT2D eigenvalue weighted by Crippen LogP contribution is 2.36. The monoisotopic (exact) mass is 290 g/mol. The number of aromatic nitrogens is 1. The minimum Gasteiger partial charge on any atom is -0.458 e. The molecule has 4 heteroatoms. The van der Waals surface area contributed by atoms with Crippen molar-refractivity contribution in [1.82, 2.24) is 4.98 Å². The van der Waals surface area contributed by atoms with E-state index in [-0.39, 0.29) is 18.1 Å². The second-order valence-electron chi connectivity index (χ2n) is 6.98. The quantitative estimate of drug-likeness (QED) is 0.851. The molecule has 1 aliphatic carbocycles. The second kappa shape index (κ2) is 6.46. The zero-order valence-electron chi connectivity index (χ0n) is 13.5. The molecule has 1 heterocycles. The summed E-state index contributed by atoms with van der Waals surface area (Å²) in [7, 11) is 0. The summed E-state index contributed by atoms with van der Waals surface area (Å²) < 4.78 is 5.60. The van der Waals surface area contributed by atoms with E-state index >= 15 is 0 Å². The topological polar surface area (TPSA) is 51.2 Å². The van der Waals surface area contributed by atoms with Crippen LogP contribution in [0.4, 0.5) is 5.82 Å². The average molecular weight is 290 g/mol. The maximum atomic E-state index is 12.2. The molecule has 1 aromatic rings. The van der Waals surface area contributed by atoms with Crippen LogP contribution >= 0.6 is 0 Å². The van der Waals surface area contributed by atoms with Crippen LogP contribution in [-0.2, 0) is 4.74 Å². The number of esters is 1. The van der Waals surface area contributed by atoms with E-state index in [9.17, 15) is 4.79 Å². The minimum atomic E-state index is -0.313. The number of pyridine rings is 1. The molecule has 0 spiro atoms. The molecule has 0 saturated heterocycles. The van der Waals surface area contributed by atoms with Crippen molar-refractivity contribution in [3.63, 3.8) is 0 Å². The van der Waals surface area contributed by atoms with Gasteiger partial charge in [-0.2, -0.15) is 0 Å². The van der Waals surface area contributed by atoms with Gasteiger partial charge in [0.15, 0.2) is 5.69 Å². The zero-order valence-corrected chi connectivity index (χ0v) is 13.5. The van der Waals surface area contributed by atoms with Crippen molar-refractivity contribution in [2.75, 3.05) is 5.32 Å². The molecule has 0 radical (unpaired) electrons. The molecule has 1 fully saturated rings. The Kier molecular flexibility index (Phi) is 4.86. The van der Waals surface area contributed by atoms with Crippen molar-refractivity contribution >= 4 is 11.8 Å². The molecule has 1 aromatic heterocycles. The number of nitrogens with one attached hydrogen (secondary N) is 1. The molecule has 1 N–H and O–H groups in total. The lowest BCUT2D eigenvalue weighted by molar-refractivity contribution is 0.00892. The van der Waals surface area contributed by atoms with Gasteiger partial charge in [-0.1, -0.05) is 19.9 Å². The van der Waals surface area contributed by atoms with E-state index in [1.165, 1.54) is 0 Å². The van der Waals surface area contributed by atoms with E-state index in [0.29, 0.717) is 16.9 Å². The van der Waals surface area contributed by atoms with E-state index in [4.69, 9.17) is 4.74 Å². The molecular weight excluding hydrogens is 264 g/mol. The number of hydrogen-bond acceptors (Lipinski definition) is 4. The third-order valence-corrected chi connectivity index (χ3v) is 3.95. The largest absolute Gasteiger partial charge is 0.458 e. The Bertz CT molecular complexity index is 487. The normalized spacial score (nSPS) is 18.5. The van der Waals surface area contributed by atoms with E-state index in [1.54, 1.807) is 6.07 Å². The number of carbonyl (C=O) groups excluding carboxylic acids is 1. The Morgan fingerprint density at radius 2 is 2.00 bits per heavy atom. The highest BCUT2D eigenvalue weighted by atomic mass is 16.5. The molecule has 0 aliphatic heterocycles. The van der Waals surface area contributed by atoms with Crippen LogP contribution in [0.1, 0.15) is 63.9 Å². The molecule has 2 rings (SSSR count). The Morgan fingerprint density at radius 3 is 2.62 bits per heavy atom. The van der Waals surface area contributed by atoms with Crippen molar-refractivity contribution in [2.24, 2.45) is 5.41 Å². The lowest BCUT2D eigenvalue weighted by atomic mass is 9.76. The number of rotatable bonds is 4. The highest BCUT2D eigenvalue weighted by molar-refractivity contribution is 5.87. The Labute approximate surface area is 127 Å². The third-order valence-electron chi connectivity index (χ3n) is 3.95. The maximum Gasteiger partial charge on any atom is 0.357 e. The van der Waals surface area contributed by atoms with Gasteiger partial charge in [-0.15, -0.1) is 0 Å². The summed E-state index contributed by atoms with van der Waals surface area (Å²) in [6.07, 6.45) is 4.14. The summed E-state index contributed by atoms with van der Waals surface area (Å²) in [5.74, 6) is 0.399. The SMILES string of the molecule is CC(C)Nc1cccc(C(=O)OC2CCC(C)(C)CC2)n1. The van der Waals surface area contributed by atoms with E-state index in [2.05, 4.69) is 24.1 Å². The predicted molar refractivity (Wildman–Crippen MR) is 84.4 cm³/mol. The fourth-order valence-corrected chi connectivity index (χ4v) is 2.63. The molecular formula is C17H26N2O2. The molecule has 0 bridgehead atoms. The number of nitrogens with zero attached hydrogens (tertiary/aromatic N) is 1. The zero-order chi connectivity index (χ0) is 15.5. The van der Waals surface area contributed by atoms with Crippen LogP contribution in [0.3, 0.4) is 0 Å². The van der Waals surface area contributed by atoms with E-state index in [0.717, 1.165) is 25.7 Å². The van der Waals surface area contributed by atoms with Crippen LogP contribution in [0, 0.1) is 5.41 Å². The number of hydrogen-bond donors (Lipinski definition) is 1. The molecule has 0 unspecified atom stereocenters. The molecule has 4 nitrogen and oxygen atoms in total. The van der Waals surface area contributed by atoms with Gasteiger partial charge < -0.3 is 10.1 Å². The first-order valence-corrected chi connectivity index (χ1v) is 7.80. The first-order chi connectivity index (χ1) is 9.85. The molecule has 1 saturated carbocycles. The van der Waals surface area contributed by atoms with Crippen LogP contribution in [0.2, 0.25) is 0 Å². The van der Waals surface area contributed by atoms with Crippen molar-refractivity contribution < 1.29 is 9.53 Å². The number of anilines is 1. The van der Waals surface area contributed by atoms with Gasteiger partial charge >= 0.3 is 5.97 Å². The number of carbonyl (C=O) groups is 1. The summed E-state index contributed by atoms with van der Waals surface area (Å²) in [4.78, 5) is 16.5. The smallest absolute Gasteiger partial charge is 0.357 e. The first kappa shape index (κ1) is 15.8. The van der Waals surface area contributed by atoms with Gasteiger partial charge in [0.1, 0.15) is 11.9 Å². The minimum absolute atomic E-state index is 0.0361. The van der Waals surface area contributed by atoms with Crippen molar-refractivity contribution in [1.29, 1.82) is 0 Å². The lowest BCUT2D eigenvalue weighted by Crippen LogP contribution is -2.28. The third kappa shape index (κ3) is 4.73. The Hall–Kier alpha value is -1.58. The van der Waals surface area contributed by atoms with Crippen molar-refractivity contribution in [3.05, 3.63) is 23.9 Å². The fraction of sp³-hybridized carbons (Fsp3) is 0.647. The van der Waals surface area contributed by atoms with Gasteiger partial charge in [0.05, 0.1) is 0 Å². The van der Waals surface area contributed by atoms with Gasteiger partial charge in [0.2, 0.25) is 0 Å². The summed E-state index contributed by atoms with van der Waals surface area (Å²) in [5, 5.41) is 3.20. The summed E-state index contributed by atoms with van der Waals surface area (Å²) >= 11 is 0. The second-order valence-corrected chi connectivity index (χ2v) is 6.98.